The zero-order valence-corrected chi connectivity index (χ0v) is 13.2. The summed E-state index contributed by atoms with van der Waals surface area (Å²) < 4.78 is 26.5. The molecular weight excluding hydrogens is 270 g/mol. The lowest BCUT2D eigenvalue weighted by molar-refractivity contribution is 0.257. The molecule has 0 fully saturated rings. The van der Waals surface area contributed by atoms with Crippen molar-refractivity contribution in [3.63, 3.8) is 0 Å². The second kappa shape index (κ2) is 5.28. The number of aliphatic hydroxyl groups excluding tert-OH is 1. The van der Waals surface area contributed by atoms with E-state index in [4.69, 9.17) is 5.11 Å². The quantitative estimate of drug-likeness (QED) is 0.906. The van der Waals surface area contributed by atoms with E-state index >= 15 is 0 Å². The normalized spacial score (nSPS) is 13.3. The Morgan fingerprint density at radius 1 is 1.44 bits per heavy atom. The molecule has 104 valence electrons. The second-order valence-electron chi connectivity index (χ2n) is 4.93. The van der Waals surface area contributed by atoms with Crippen LogP contribution in [-0.4, -0.2) is 30.4 Å². The van der Waals surface area contributed by atoms with Crippen molar-refractivity contribution in [3.8, 4) is 0 Å². The van der Waals surface area contributed by atoms with Gasteiger partial charge in [0, 0.05) is 22.3 Å². The largest absolute Gasteiger partial charge is 0.391 e. The number of thiophene rings is 1. The van der Waals surface area contributed by atoms with Crippen molar-refractivity contribution in [2.24, 2.45) is 0 Å². The minimum Gasteiger partial charge on any atom is -0.391 e. The topological polar surface area (TPSA) is 57.6 Å². The molecule has 0 saturated carbocycles. The fourth-order valence-corrected chi connectivity index (χ4v) is 4.59. The monoisotopic (exact) mass is 291 g/mol. The van der Waals surface area contributed by atoms with Gasteiger partial charge in [0.05, 0.1) is 11.5 Å². The summed E-state index contributed by atoms with van der Waals surface area (Å²) in [5.74, 6) is 0. The van der Waals surface area contributed by atoms with Crippen LogP contribution in [0.3, 0.4) is 0 Å². The zero-order valence-electron chi connectivity index (χ0n) is 11.5. The highest BCUT2D eigenvalue weighted by Gasteiger charge is 2.34. The first-order valence-corrected chi connectivity index (χ1v) is 8.11. The Hall–Kier alpha value is -0.430. The second-order valence-corrected chi connectivity index (χ2v) is 8.21. The van der Waals surface area contributed by atoms with Crippen LogP contribution < -0.4 is 0 Å². The molecule has 0 aromatic carbocycles. The third-order valence-electron chi connectivity index (χ3n) is 3.44. The summed E-state index contributed by atoms with van der Waals surface area (Å²) in [5, 5.41) is 9.09. The van der Waals surface area contributed by atoms with Gasteiger partial charge < -0.3 is 5.11 Å². The molecule has 0 radical (unpaired) electrons. The highest BCUT2D eigenvalue weighted by atomic mass is 32.2. The van der Waals surface area contributed by atoms with Gasteiger partial charge in [0.2, 0.25) is 10.0 Å². The average Bonchev–Trinajstić information content (AvgIpc) is 2.70. The Morgan fingerprint density at radius 3 is 2.39 bits per heavy atom. The van der Waals surface area contributed by atoms with E-state index in [-0.39, 0.29) is 6.61 Å². The highest BCUT2D eigenvalue weighted by Crippen LogP contribution is 2.31. The maximum Gasteiger partial charge on any atom is 0.244 e. The summed E-state index contributed by atoms with van der Waals surface area (Å²) in [7, 11) is -1.89. The molecule has 1 rings (SSSR count). The molecule has 6 heteroatoms. The number of rotatable bonds is 5. The van der Waals surface area contributed by atoms with E-state index in [2.05, 4.69) is 0 Å². The highest BCUT2D eigenvalue weighted by molar-refractivity contribution is 7.89. The lowest BCUT2D eigenvalue weighted by Gasteiger charge is -2.33. The van der Waals surface area contributed by atoms with Crippen molar-refractivity contribution in [1.82, 2.24) is 4.31 Å². The van der Waals surface area contributed by atoms with E-state index in [0.29, 0.717) is 9.77 Å². The molecule has 0 amide bonds. The number of sulfonamides is 1. The molecular formula is C12H21NO3S2. The SMILES string of the molecule is CCC(C)(C)N(C)S(=O)(=O)c1cc(CO)sc1C. The molecule has 1 aromatic rings. The maximum absolute atomic E-state index is 12.5. The van der Waals surface area contributed by atoms with Crippen LogP contribution in [0.2, 0.25) is 0 Å². The molecule has 0 unspecified atom stereocenters. The van der Waals surface area contributed by atoms with Gasteiger partial charge in [-0.1, -0.05) is 6.92 Å². The molecule has 1 N–H and O–H groups in total. The van der Waals surface area contributed by atoms with Crippen LogP contribution in [-0.2, 0) is 16.6 Å². The predicted molar refractivity (Wildman–Crippen MR) is 74.3 cm³/mol. The molecule has 0 spiro atoms. The van der Waals surface area contributed by atoms with Crippen molar-refractivity contribution < 1.29 is 13.5 Å². The van der Waals surface area contributed by atoms with Gasteiger partial charge in [0.15, 0.2) is 0 Å². The smallest absolute Gasteiger partial charge is 0.244 e. The van der Waals surface area contributed by atoms with E-state index in [1.165, 1.54) is 15.6 Å². The van der Waals surface area contributed by atoms with Crippen molar-refractivity contribution in [2.75, 3.05) is 7.05 Å². The van der Waals surface area contributed by atoms with Crippen molar-refractivity contribution in [2.45, 2.75) is 51.2 Å². The van der Waals surface area contributed by atoms with Crippen LogP contribution >= 0.6 is 11.3 Å². The molecule has 0 aliphatic rings. The number of aliphatic hydroxyl groups is 1. The van der Waals surface area contributed by atoms with Crippen LogP contribution in [0, 0.1) is 6.92 Å². The Morgan fingerprint density at radius 2 is 2.00 bits per heavy atom. The Labute approximate surface area is 113 Å². The van der Waals surface area contributed by atoms with Gasteiger partial charge in [-0.15, -0.1) is 11.3 Å². The van der Waals surface area contributed by atoms with E-state index in [9.17, 15) is 8.42 Å². The number of hydrogen-bond acceptors (Lipinski definition) is 4. The molecule has 4 nitrogen and oxygen atoms in total. The first kappa shape index (κ1) is 15.6. The van der Waals surface area contributed by atoms with Crippen LogP contribution in [0.25, 0.3) is 0 Å². The summed E-state index contributed by atoms with van der Waals surface area (Å²) in [4.78, 5) is 1.70. The van der Waals surface area contributed by atoms with Gasteiger partial charge in [-0.25, -0.2) is 8.42 Å². The summed E-state index contributed by atoms with van der Waals surface area (Å²) in [6.07, 6.45) is 0.735. The molecule has 0 atom stereocenters. The summed E-state index contributed by atoms with van der Waals surface area (Å²) in [6.45, 7) is 7.41. The van der Waals surface area contributed by atoms with Crippen molar-refractivity contribution in [3.05, 3.63) is 15.8 Å². The molecule has 0 aliphatic carbocycles. The van der Waals surface area contributed by atoms with Gasteiger partial charge in [-0.05, 0) is 33.3 Å². The minimum atomic E-state index is -3.50. The Balaban J connectivity index is 3.25. The summed E-state index contributed by atoms with van der Waals surface area (Å²) in [6, 6.07) is 1.57. The van der Waals surface area contributed by atoms with Crippen LogP contribution in [0.5, 0.6) is 0 Å². The van der Waals surface area contributed by atoms with Crippen LogP contribution in [0.15, 0.2) is 11.0 Å². The van der Waals surface area contributed by atoms with Gasteiger partial charge in [0.25, 0.3) is 0 Å². The lowest BCUT2D eigenvalue weighted by atomic mass is 10.0. The summed E-state index contributed by atoms with van der Waals surface area (Å²) in [5.41, 5.74) is -0.424. The van der Waals surface area contributed by atoms with Gasteiger partial charge in [-0.2, -0.15) is 4.31 Å². The third kappa shape index (κ3) is 2.77. The lowest BCUT2D eigenvalue weighted by Crippen LogP contribution is -2.44. The Kier molecular flexibility index (Phi) is 4.59. The fraction of sp³-hybridized carbons (Fsp3) is 0.667. The van der Waals surface area contributed by atoms with E-state index < -0.39 is 15.6 Å². The fourth-order valence-electron chi connectivity index (χ4n) is 1.55. The molecule has 1 heterocycles. The van der Waals surface area contributed by atoms with Crippen LogP contribution in [0.1, 0.15) is 36.9 Å². The molecule has 1 aromatic heterocycles. The van der Waals surface area contributed by atoms with E-state index in [1.807, 2.05) is 20.8 Å². The minimum absolute atomic E-state index is 0.123. The zero-order chi connectivity index (χ0) is 14.1. The van der Waals surface area contributed by atoms with Gasteiger partial charge in [-0.3, -0.25) is 0 Å². The predicted octanol–water partition coefficient (Wildman–Crippen LogP) is 2.36. The first-order valence-electron chi connectivity index (χ1n) is 5.86. The molecule has 0 bridgehead atoms. The molecule has 0 saturated heterocycles. The van der Waals surface area contributed by atoms with Gasteiger partial charge in [0.1, 0.15) is 0 Å². The molecule has 0 aliphatic heterocycles. The van der Waals surface area contributed by atoms with Crippen molar-refractivity contribution >= 4 is 21.4 Å². The average molecular weight is 291 g/mol. The number of hydrogen-bond donors (Lipinski definition) is 1. The van der Waals surface area contributed by atoms with E-state index in [0.717, 1.165) is 11.3 Å². The number of aryl methyl sites for hydroxylation is 1. The number of nitrogens with zero attached hydrogens (tertiary/aromatic N) is 1. The van der Waals surface area contributed by atoms with Crippen molar-refractivity contribution in [1.29, 1.82) is 0 Å². The first-order chi connectivity index (χ1) is 8.16. The Bertz CT molecular complexity index is 517. The molecule has 18 heavy (non-hydrogen) atoms. The van der Waals surface area contributed by atoms with Gasteiger partial charge >= 0.3 is 0 Å². The van der Waals surface area contributed by atoms with Crippen LogP contribution in [0.4, 0.5) is 0 Å². The summed E-state index contributed by atoms with van der Waals surface area (Å²) >= 11 is 1.32. The third-order valence-corrected chi connectivity index (χ3v) is 6.79. The maximum atomic E-state index is 12.5. The van der Waals surface area contributed by atoms with E-state index in [1.54, 1.807) is 20.0 Å². The standard InChI is InChI=1S/C12H21NO3S2/c1-6-12(3,4)13(5)18(15,16)11-7-10(8-14)17-9(11)2/h7,14H,6,8H2,1-5H3.